The van der Waals surface area contributed by atoms with Gasteiger partial charge in [0, 0.05) is 12.2 Å². The lowest BCUT2D eigenvalue weighted by atomic mass is 10.1. The van der Waals surface area contributed by atoms with Crippen LogP contribution in [0.1, 0.15) is 35.8 Å². The first-order valence-corrected chi connectivity index (χ1v) is 10.5. The Balaban J connectivity index is 1.55. The van der Waals surface area contributed by atoms with E-state index in [2.05, 4.69) is 32.1 Å². The van der Waals surface area contributed by atoms with Gasteiger partial charge in [0.1, 0.15) is 0 Å². The quantitative estimate of drug-likeness (QED) is 0.605. The van der Waals surface area contributed by atoms with Gasteiger partial charge in [0.15, 0.2) is 11.5 Å². The lowest BCUT2D eigenvalue weighted by Gasteiger charge is -2.24. The Hall–Kier alpha value is -3.13. The van der Waals surface area contributed by atoms with Gasteiger partial charge in [-0.25, -0.2) is 9.97 Å². The summed E-state index contributed by atoms with van der Waals surface area (Å²) in [6.07, 6.45) is 4.30. The molecule has 1 fully saturated rings. The van der Waals surface area contributed by atoms with Gasteiger partial charge in [-0.2, -0.15) is 0 Å². The van der Waals surface area contributed by atoms with E-state index in [0.29, 0.717) is 30.5 Å². The van der Waals surface area contributed by atoms with Crippen LogP contribution in [0.25, 0.3) is 0 Å². The van der Waals surface area contributed by atoms with Crippen molar-refractivity contribution in [2.24, 2.45) is 0 Å². The number of benzene rings is 1. The molecular formula is C23H31N5O3. The van der Waals surface area contributed by atoms with Gasteiger partial charge in [0.25, 0.3) is 0 Å². The normalized spacial score (nSPS) is 16.0. The molecule has 1 aromatic heterocycles. The van der Waals surface area contributed by atoms with Gasteiger partial charge in [-0.3, -0.25) is 9.69 Å². The van der Waals surface area contributed by atoms with Crippen molar-refractivity contribution < 1.29 is 14.3 Å². The molecule has 1 aliphatic heterocycles. The molecule has 8 nitrogen and oxygen atoms in total. The number of nitrogens with one attached hydrogen (secondary N) is 2. The number of methoxy groups -OCH3 is 2. The fourth-order valence-electron chi connectivity index (χ4n) is 3.89. The predicted octanol–water partition coefficient (Wildman–Crippen LogP) is 2.85. The minimum absolute atomic E-state index is 0.0163. The summed E-state index contributed by atoms with van der Waals surface area (Å²) in [5, 5.41) is 5.98. The van der Waals surface area contributed by atoms with E-state index >= 15 is 0 Å². The molecule has 0 spiro atoms. The second-order valence-corrected chi connectivity index (χ2v) is 7.52. The first kappa shape index (κ1) is 22.6. The van der Waals surface area contributed by atoms with E-state index in [1.54, 1.807) is 20.4 Å². The summed E-state index contributed by atoms with van der Waals surface area (Å²) in [6.45, 7) is 7.40. The molecule has 3 rings (SSSR count). The zero-order chi connectivity index (χ0) is 22.2. The molecule has 0 radical (unpaired) electrons. The number of anilines is 1. The van der Waals surface area contributed by atoms with Crippen molar-refractivity contribution in [3.05, 3.63) is 54.0 Å². The van der Waals surface area contributed by atoms with Gasteiger partial charge in [-0.1, -0.05) is 12.6 Å². The maximum absolute atomic E-state index is 12.6. The maximum Gasteiger partial charge on any atom is 0.234 e. The Bertz CT molecular complexity index is 918. The van der Waals surface area contributed by atoms with E-state index in [9.17, 15) is 4.79 Å². The van der Waals surface area contributed by atoms with Gasteiger partial charge in [0.05, 0.1) is 32.5 Å². The molecule has 2 N–H and O–H groups in total. The lowest BCUT2D eigenvalue weighted by Crippen LogP contribution is -2.38. The first-order chi connectivity index (χ1) is 15.0. The Labute approximate surface area is 183 Å². The molecule has 0 bridgehead atoms. The van der Waals surface area contributed by atoms with Gasteiger partial charge in [0.2, 0.25) is 11.9 Å². The van der Waals surface area contributed by atoms with Crippen molar-refractivity contribution in [3.63, 3.8) is 0 Å². The number of nitrogens with zero attached hydrogens (tertiary/aromatic N) is 3. The van der Waals surface area contributed by atoms with Crippen LogP contribution in [0.15, 0.2) is 37.0 Å². The first-order valence-electron chi connectivity index (χ1n) is 10.5. The average molecular weight is 426 g/mol. The van der Waals surface area contributed by atoms with Crippen LogP contribution in [-0.4, -0.2) is 54.6 Å². The van der Waals surface area contributed by atoms with Crippen molar-refractivity contribution in [1.29, 1.82) is 0 Å². The van der Waals surface area contributed by atoms with Crippen LogP contribution < -0.4 is 20.1 Å². The van der Waals surface area contributed by atoms with Crippen molar-refractivity contribution in [3.8, 4) is 11.5 Å². The van der Waals surface area contributed by atoms with Crippen LogP contribution in [0.2, 0.25) is 0 Å². The molecule has 1 unspecified atom stereocenters. The predicted molar refractivity (Wildman–Crippen MR) is 120 cm³/mol. The topological polar surface area (TPSA) is 88.6 Å². The highest BCUT2D eigenvalue weighted by molar-refractivity contribution is 5.78. The Morgan fingerprint density at radius 3 is 2.81 bits per heavy atom. The minimum atomic E-state index is 0.0163. The second kappa shape index (κ2) is 10.8. The maximum atomic E-state index is 12.6. The average Bonchev–Trinajstić information content (AvgIpc) is 3.21. The molecule has 1 atom stereocenters. The van der Waals surface area contributed by atoms with Crippen LogP contribution in [0.5, 0.6) is 11.5 Å². The molecule has 31 heavy (non-hydrogen) atoms. The molecule has 0 saturated carbocycles. The zero-order valence-corrected chi connectivity index (χ0v) is 18.5. The molecular weight excluding hydrogens is 394 g/mol. The van der Waals surface area contributed by atoms with Crippen LogP contribution in [0, 0.1) is 6.92 Å². The summed E-state index contributed by atoms with van der Waals surface area (Å²) in [4.78, 5) is 23.7. The standard InChI is InChI=1S/C23H31N5O3/c1-5-24-23-26-16(2)13-18(27-23)19-7-6-12-28(19)15-22(29)25-11-10-17-8-9-20(30-3)21(14-17)31-4/h5,8-9,13-14,19H,1,6-7,10-12,15H2,2-4H3,(H,25,29)(H,24,26,27). The van der Waals surface area contributed by atoms with Crippen molar-refractivity contribution >= 4 is 11.9 Å². The van der Waals surface area contributed by atoms with Crippen molar-refractivity contribution in [2.45, 2.75) is 32.2 Å². The third-order valence-electron chi connectivity index (χ3n) is 5.34. The lowest BCUT2D eigenvalue weighted by molar-refractivity contribution is -0.122. The van der Waals surface area contributed by atoms with Crippen molar-refractivity contribution in [1.82, 2.24) is 20.2 Å². The van der Waals surface area contributed by atoms with Gasteiger partial charge in [-0.15, -0.1) is 0 Å². The Morgan fingerprint density at radius 2 is 2.06 bits per heavy atom. The minimum Gasteiger partial charge on any atom is -0.493 e. The fourth-order valence-corrected chi connectivity index (χ4v) is 3.89. The van der Waals surface area contributed by atoms with Gasteiger partial charge >= 0.3 is 0 Å². The molecule has 1 aromatic carbocycles. The van der Waals surface area contributed by atoms with Crippen LogP contribution in [0.3, 0.4) is 0 Å². The SMILES string of the molecule is C=CNc1nc(C)cc(C2CCCN2CC(=O)NCCc2ccc(OC)c(OC)c2)n1. The number of hydrogen-bond acceptors (Lipinski definition) is 7. The molecule has 0 aliphatic carbocycles. The number of carbonyl (C=O) groups is 1. The van der Waals surface area contributed by atoms with Crippen LogP contribution in [0.4, 0.5) is 5.95 Å². The smallest absolute Gasteiger partial charge is 0.234 e. The van der Waals surface area contributed by atoms with E-state index in [-0.39, 0.29) is 11.9 Å². The zero-order valence-electron chi connectivity index (χ0n) is 18.5. The summed E-state index contributed by atoms with van der Waals surface area (Å²) >= 11 is 0. The molecule has 1 amide bonds. The van der Waals surface area contributed by atoms with E-state index in [0.717, 1.165) is 42.8 Å². The number of ether oxygens (including phenoxy) is 2. The highest BCUT2D eigenvalue weighted by Crippen LogP contribution is 2.31. The monoisotopic (exact) mass is 425 g/mol. The molecule has 2 heterocycles. The molecule has 1 aliphatic rings. The number of rotatable bonds is 10. The summed E-state index contributed by atoms with van der Waals surface area (Å²) in [5.74, 6) is 1.94. The van der Waals surface area contributed by atoms with E-state index in [4.69, 9.17) is 9.47 Å². The van der Waals surface area contributed by atoms with E-state index < -0.39 is 0 Å². The number of aryl methyl sites for hydroxylation is 1. The van der Waals surface area contributed by atoms with Gasteiger partial charge in [-0.05, 0) is 62.7 Å². The molecule has 2 aromatic rings. The molecule has 1 saturated heterocycles. The van der Waals surface area contributed by atoms with E-state index in [1.165, 1.54) is 0 Å². The third kappa shape index (κ3) is 5.95. The van der Waals surface area contributed by atoms with Crippen LogP contribution >= 0.6 is 0 Å². The summed E-state index contributed by atoms with van der Waals surface area (Å²) in [5.41, 5.74) is 2.91. The molecule has 8 heteroatoms. The summed E-state index contributed by atoms with van der Waals surface area (Å²) in [6, 6.07) is 7.91. The highest BCUT2D eigenvalue weighted by Gasteiger charge is 2.29. The van der Waals surface area contributed by atoms with Gasteiger partial charge < -0.3 is 20.1 Å². The number of aromatic nitrogens is 2. The number of amides is 1. The highest BCUT2D eigenvalue weighted by atomic mass is 16.5. The molecule has 166 valence electrons. The largest absolute Gasteiger partial charge is 0.493 e. The summed E-state index contributed by atoms with van der Waals surface area (Å²) < 4.78 is 10.6. The fraction of sp³-hybridized carbons (Fsp3) is 0.435. The second-order valence-electron chi connectivity index (χ2n) is 7.52. The van der Waals surface area contributed by atoms with E-state index in [1.807, 2.05) is 31.2 Å². The summed E-state index contributed by atoms with van der Waals surface area (Å²) in [7, 11) is 3.23. The Kier molecular flexibility index (Phi) is 7.83. The number of carbonyl (C=O) groups excluding carboxylic acids is 1. The van der Waals surface area contributed by atoms with Crippen LogP contribution in [-0.2, 0) is 11.2 Å². The third-order valence-corrected chi connectivity index (χ3v) is 5.34. The Morgan fingerprint density at radius 1 is 1.26 bits per heavy atom. The number of hydrogen-bond donors (Lipinski definition) is 2. The van der Waals surface area contributed by atoms with Crippen molar-refractivity contribution in [2.75, 3.05) is 39.2 Å². The number of likely N-dealkylation sites (tertiary alicyclic amines) is 1.